The third-order valence-corrected chi connectivity index (χ3v) is 9.39. The van der Waals surface area contributed by atoms with Crippen molar-refractivity contribution in [3.8, 4) is 17.8 Å². The minimum Gasteiger partial charge on any atom is -0.429 e. The summed E-state index contributed by atoms with van der Waals surface area (Å²) in [4.78, 5) is 73.8. The van der Waals surface area contributed by atoms with Crippen LogP contribution in [0.25, 0.3) is 0 Å². The van der Waals surface area contributed by atoms with Gasteiger partial charge in [-0.2, -0.15) is 0 Å². The molecule has 6 N–H and O–H groups in total. The van der Waals surface area contributed by atoms with Gasteiger partial charge in [0.05, 0.1) is 17.6 Å². The summed E-state index contributed by atoms with van der Waals surface area (Å²) in [6.07, 6.45) is 4.63. The zero-order valence-electron chi connectivity index (χ0n) is 30.4. The molecule has 0 spiro atoms. The summed E-state index contributed by atoms with van der Waals surface area (Å²) in [5.74, 6) is -2.53. The van der Waals surface area contributed by atoms with E-state index in [4.69, 9.17) is 26.2 Å². The summed E-state index contributed by atoms with van der Waals surface area (Å²) in [7, 11) is -3.55. The van der Waals surface area contributed by atoms with Crippen molar-refractivity contribution in [2.24, 2.45) is 17.6 Å². The Balaban J connectivity index is 1.63. The summed E-state index contributed by atoms with van der Waals surface area (Å²) in [6.45, 7) is 5.30. The molecule has 0 saturated heterocycles. The van der Waals surface area contributed by atoms with Crippen LogP contribution in [0, 0.1) is 34.0 Å². The van der Waals surface area contributed by atoms with Gasteiger partial charge < -0.3 is 40.8 Å². The Morgan fingerprint density at radius 3 is 2.16 bits per heavy atom. The average molecular weight is 779 g/mol. The monoisotopic (exact) mass is 778 g/mol. The normalized spacial score (nSPS) is 12.9. The Bertz CT molecular complexity index is 1910. The topological polar surface area (TPSA) is 247 Å². The van der Waals surface area contributed by atoms with Gasteiger partial charge in [-0.1, -0.05) is 26.0 Å². The molecule has 0 saturated carbocycles. The molecule has 4 amide bonds. The number of anilines is 2. The van der Waals surface area contributed by atoms with Crippen LogP contribution in [0.3, 0.4) is 0 Å². The molecule has 3 rings (SSSR count). The van der Waals surface area contributed by atoms with Crippen molar-refractivity contribution in [2.75, 3.05) is 23.6 Å². The van der Waals surface area contributed by atoms with Crippen LogP contribution in [0.15, 0.2) is 72.8 Å². The van der Waals surface area contributed by atoms with Crippen molar-refractivity contribution >= 4 is 54.4 Å². The number of Topliss-reactive ketones (excluding diaryl/α,β-unsaturated/α-hetero) is 1. The number of nitrogens with one attached hydrogen (secondary N) is 4. The van der Waals surface area contributed by atoms with Gasteiger partial charge in [0.15, 0.2) is 5.78 Å². The van der Waals surface area contributed by atoms with Crippen LogP contribution in [-0.2, 0) is 30.0 Å². The minimum atomic E-state index is -3.55. The lowest BCUT2D eigenvalue weighted by molar-refractivity contribution is -0.384. The number of nitro groups is 1. The first kappa shape index (κ1) is 43.2. The fourth-order valence-electron chi connectivity index (χ4n) is 5.08. The molecular weight excluding hydrogens is 735 g/mol. The number of terminal acetylenes is 1. The number of ketones is 1. The first-order valence-electron chi connectivity index (χ1n) is 17.1. The summed E-state index contributed by atoms with van der Waals surface area (Å²) < 4.78 is 27.8. The van der Waals surface area contributed by atoms with Gasteiger partial charge in [-0.15, -0.1) is 6.42 Å². The molecule has 0 aliphatic carbocycles. The minimum absolute atomic E-state index is 0.0619. The molecule has 0 aliphatic heterocycles. The summed E-state index contributed by atoms with van der Waals surface area (Å²) >= 11 is 0. The second kappa shape index (κ2) is 20.9. The molecule has 0 radical (unpaired) electrons. The molecule has 3 atom stereocenters. The van der Waals surface area contributed by atoms with Crippen LogP contribution in [0.5, 0.6) is 5.75 Å². The molecule has 0 heterocycles. The molecule has 292 valence electrons. The van der Waals surface area contributed by atoms with E-state index in [0.717, 1.165) is 0 Å². The number of nitro benzene ring substituents is 1. The largest absolute Gasteiger partial charge is 0.514 e. The van der Waals surface area contributed by atoms with Crippen molar-refractivity contribution in [3.63, 3.8) is 0 Å². The predicted molar refractivity (Wildman–Crippen MR) is 203 cm³/mol. The van der Waals surface area contributed by atoms with E-state index >= 15 is 0 Å². The van der Waals surface area contributed by atoms with Crippen molar-refractivity contribution in [1.29, 1.82) is 0 Å². The highest BCUT2D eigenvalue weighted by atomic mass is 31.2. The highest BCUT2D eigenvalue weighted by Crippen LogP contribution is 2.45. The van der Waals surface area contributed by atoms with Gasteiger partial charge >= 0.3 is 19.7 Å². The molecule has 1 unspecified atom stereocenters. The maximum Gasteiger partial charge on any atom is 0.514 e. The Kier molecular flexibility index (Phi) is 16.4. The molecule has 0 fully saturated rings. The van der Waals surface area contributed by atoms with Crippen molar-refractivity contribution < 1.29 is 47.5 Å². The maximum absolute atomic E-state index is 13.7. The van der Waals surface area contributed by atoms with Crippen LogP contribution < -0.4 is 31.5 Å². The zero-order chi connectivity index (χ0) is 40.5. The van der Waals surface area contributed by atoms with Gasteiger partial charge in [-0.3, -0.25) is 29.1 Å². The highest BCUT2D eigenvalue weighted by Gasteiger charge is 2.30. The molecule has 0 aromatic heterocycles. The second-order valence-corrected chi connectivity index (χ2v) is 14.2. The van der Waals surface area contributed by atoms with E-state index in [2.05, 4.69) is 26.7 Å². The second-order valence-electron chi connectivity index (χ2n) is 12.4. The molecule has 3 aromatic carbocycles. The lowest BCUT2D eigenvalue weighted by Crippen LogP contribution is -2.45. The number of carbonyl (C=O) groups excluding carboxylic acids is 5. The molecule has 17 nitrogen and oxygen atoms in total. The van der Waals surface area contributed by atoms with E-state index in [1.54, 1.807) is 45.0 Å². The average Bonchev–Trinajstić information content (AvgIpc) is 3.14. The van der Waals surface area contributed by atoms with Crippen molar-refractivity contribution in [3.05, 3.63) is 94.0 Å². The number of ether oxygens (including phenoxy) is 2. The zero-order valence-corrected chi connectivity index (χ0v) is 31.3. The number of carbonyl (C=O) groups is 5. The van der Waals surface area contributed by atoms with Crippen molar-refractivity contribution in [2.45, 2.75) is 52.7 Å². The number of nitrogens with zero attached hydrogens (tertiary/aromatic N) is 1. The molecular formula is C37H43N6O11P. The SMILES string of the molecule is C#CP(=O)(Nc1ccc(C(=O)N[C@H](C(=O)C[C@@H](CCCNC(N)=O)C(=O)Nc2ccc(COC(=O)Oc3ccc([N+](=O)[O-])cc3)cc2)C(C)C)cc1)OCC. The van der Waals surface area contributed by atoms with E-state index in [0.29, 0.717) is 23.4 Å². The van der Waals surface area contributed by atoms with E-state index in [-0.39, 0.29) is 61.3 Å². The first-order chi connectivity index (χ1) is 26.1. The van der Waals surface area contributed by atoms with Crippen LogP contribution in [0.4, 0.5) is 26.7 Å². The van der Waals surface area contributed by atoms with E-state index in [1.807, 2.05) is 0 Å². The summed E-state index contributed by atoms with van der Waals surface area (Å²) in [6, 6.07) is 15.5. The Morgan fingerprint density at radius 2 is 1.60 bits per heavy atom. The molecule has 0 aliphatic rings. The van der Waals surface area contributed by atoms with Gasteiger partial charge in [-0.05, 0) is 79.8 Å². The molecule has 18 heteroatoms. The smallest absolute Gasteiger partial charge is 0.429 e. The molecule has 55 heavy (non-hydrogen) atoms. The standard InChI is InChI=1S/C37H43N6O11P/c1-5-53-55(51,6-2)42-29-15-11-26(12-16-29)34(45)41-33(24(3)4)32(44)22-27(8-7-21-39-36(38)47)35(46)40-28-13-9-25(10-14-28)23-52-37(48)54-31-19-17-30(18-20-31)43(49)50/h2,9-20,24,27,33H,5,7-8,21-23H2,1,3-4H3,(H,40,46)(H,41,45)(H,42,51)(H3,38,39,47)/t27-,33+,55?/m1/s1. The number of hydrogen-bond donors (Lipinski definition) is 5. The lowest BCUT2D eigenvalue weighted by atomic mass is 9.89. The summed E-state index contributed by atoms with van der Waals surface area (Å²) in [5.41, 5.74) is 8.65. The Morgan fingerprint density at radius 1 is 0.964 bits per heavy atom. The lowest BCUT2D eigenvalue weighted by Gasteiger charge is -2.24. The van der Waals surface area contributed by atoms with Gasteiger partial charge in [-0.25, -0.2) is 9.59 Å². The number of primary amides is 1. The predicted octanol–water partition coefficient (Wildman–Crippen LogP) is 5.96. The van der Waals surface area contributed by atoms with Crippen LogP contribution in [0.1, 0.15) is 56.0 Å². The maximum atomic E-state index is 13.7. The van der Waals surface area contributed by atoms with E-state index in [1.165, 1.54) is 48.5 Å². The number of benzene rings is 3. The number of non-ortho nitro benzene ring substituents is 1. The highest BCUT2D eigenvalue weighted by molar-refractivity contribution is 7.65. The van der Waals surface area contributed by atoms with Gasteiger partial charge in [0, 0.05) is 53.6 Å². The van der Waals surface area contributed by atoms with Gasteiger partial charge in [0.1, 0.15) is 12.4 Å². The van der Waals surface area contributed by atoms with Crippen molar-refractivity contribution in [1.82, 2.24) is 10.6 Å². The number of nitrogens with two attached hydrogens (primary N) is 1. The fourth-order valence-corrected chi connectivity index (χ4v) is 6.14. The first-order valence-corrected chi connectivity index (χ1v) is 18.7. The van der Waals surface area contributed by atoms with Gasteiger partial charge in [0.2, 0.25) is 5.91 Å². The fraction of sp³-hybridized carbons (Fsp3) is 0.324. The number of hydrogen-bond acceptors (Lipinski definition) is 11. The van der Waals surface area contributed by atoms with Crippen LogP contribution >= 0.6 is 7.52 Å². The van der Waals surface area contributed by atoms with E-state index in [9.17, 15) is 38.7 Å². The van der Waals surface area contributed by atoms with Crippen LogP contribution in [0.2, 0.25) is 0 Å². The Labute approximate surface area is 317 Å². The number of amides is 4. The number of urea groups is 1. The third-order valence-electron chi connectivity index (χ3n) is 7.88. The Hall–Kier alpha value is -6.24. The summed E-state index contributed by atoms with van der Waals surface area (Å²) in [5, 5.41) is 21.4. The van der Waals surface area contributed by atoms with E-state index < -0.39 is 48.4 Å². The quantitative estimate of drug-likeness (QED) is 0.0170. The molecule has 0 bridgehead atoms. The molecule has 3 aromatic rings. The number of rotatable bonds is 20. The van der Waals surface area contributed by atoms with Crippen LogP contribution in [-0.4, -0.2) is 53.9 Å². The third kappa shape index (κ3) is 14.3. The van der Waals surface area contributed by atoms with Gasteiger partial charge in [0.25, 0.3) is 11.6 Å².